The highest BCUT2D eigenvalue weighted by atomic mass is 35.5. The van der Waals surface area contributed by atoms with E-state index in [-0.39, 0.29) is 27.8 Å². The molecule has 0 fully saturated rings. The summed E-state index contributed by atoms with van der Waals surface area (Å²) in [5, 5.41) is 9.89. The first-order chi connectivity index (χ1) is 10.9. The van der Waals surface area contributed by atoms with Gasteiger partial charge in [-0.1, -0.05) is 23.2 Å². The van der Waals surface area contributed by atoms with Crippen molar-refractivity contribution < 1.29 is 14.3 Å². The molecule has 1 N–H and O–H groups in total. The first-order valence-corrected chi connectivity index (χ1v) is 7.43. The fourth-order valence-corrected chi connectivity index (χ4v) is 2.71. The minimum absolute atomic E-state index is 0.201. The zero-order valence-corrected chi connectivity index (χ0v) is 13.2. The third-order valence-corrected chi connectivity index (χ3v) is 3.86. The molecule has 0 aliphatic rings. The third kappa shape index (κ3) is 3.23. The Morgan fingerprint density at radius 2 is 1.78 bits per heavy atom. The predicted molar refractivity (Wildman–Crippen MR) is 89.3 cm³/mol. The summed E-state index contributed by atoms with van der Waals surface area (Å²) in [6.45, 7) is 0. The Morgan fingerprint density at radius 3 is 2.43 bits per heavy atom. The summed E-state index contributed by atoms with van der Waals surface area (Å²) in [7, 11) is 0. The second-order valence-corrected chi connectivity index (χ2v) is 5.85. The highest BCUT2D eigenvalue weighted by molar-refractivity contribution is 6.35. The molecule has 0 saturated carbocycles. The van der Waals surface area contributed by atoms with Gasteiger partial charge in [-0.2, -0.15) is 0 Å². The van der Waals surface area contributed by atoms with E-state index in [0.717, 1.165) is 0 Å². The molecule has 6 heteroatoms. The van der Waals surface area contributed by atoms with Gasteiger partial charge in [-0.3, -0.25) is 9.59 Å². The second-order valence-electron chi connectivity index (χ2n) is 5.01. The molecule has 0 aliphatic carbocycles. The highest BCUT2D eigenvalue weighted by Crippen LogP contribution is 2.29. The summed E-state index contributed by atoms with van der Waals surface area (Å²) in [4.78, 5) is 23.2. The van der Waals surface area contributed by atoms with Crippen LogP contribution in [0.1, 0.15) is 5.56 Å². The van der Waals surface area contributed by atoms with Crippen LogP contribution >= 0.6 is 23.2 Å². The number of aliphatic carboxylic acids is 1. The van der Waals surface area contributed by atoms with Crippen LogP contribution in [0.25, 0.3) is 22.3 Å². The van der Waals surface area contributed by atoms with Gasteiger partial charge in [0.25, 0.3) is 0 Å². The smallest absolute Gasteiger partial charge is 0.307 e. The van der Waals surface area contributed by atoms with Crippen molar-refractivity contribution in [3.8, 4) is 11.3 Å². The molecule has 116 valence electrons. The van der Waals surface area contributed by atoms with Crippen LogP contribution in [0.15, 0.2) is 51.7 Å². The van der Waals surface area contributed by atoms with Crippen LogP contribution in [0, 0.1) is 0 Å². The first-order valence-electron chi connectivity index (χ1n) is 6.68. The number of rotatable bonds is 3. The molecule has 4 nitrogen and oxygen atoms in total. The minimum atomic E-state index is -0.998. The van der Waals surface area contributed by atoms with Crippen molar-refractivity contribution in [1.82, 2.24) is 0 Å². The van der Waals surface area contributed by atoms with Gasteiger partial charge in [0, 0.05) is 16.7 Å². The van der Waals surface area contributed by atoms with E-state index >= 15 is 0 Å². The lowest BCUT2D eigenvalue weighted by Gasteiger charge is -2.06. The lowest BCUT2D eigenvalue weighted by atomic mass is 10.1. The van der Waals surface area contributed by atoms with Gasteiger partial charge in [0.1, 0.15) is 5.76 Å². The number of hydrogen-bond acceptors (Lipinski definition) is 3. The number of halogens is 2. The summed E-state index contributed by atoms with van der Waals surface area (Å²) in [5.41, 5.74) is 1.09. The maximum atomic E-state index is 12.3. The van der Waals surface area contributed by atoms with Crippen LogP contribution in [0.4, 0.5) is 0 Å². The summed E-state index contributed by atoms with van der Waals surface area (Å²) in [6, 6.07) is 11.2. The Hall–Kier alpha value is -2.30. The molecule has 3 aromatic rings. The van der Waals surface area contributed by atoms with Gasteiger partial charge in [-0.25, -0.2) is 0 Å². The van der Waals surface area contributed by atoms with Gasteiger partial charge in [-0.15, -0.1) is 0 Å². The molecule has 0 radical (unpaired) electrons. The van der Waals surface area contributed by atoms with Crippen LogP contribution < -0.4 is 5.43 Å². The maximum Gasteiger partial charge on any atom is 0.307 e. The van der Waals surface area contributed by atoms with Crippen LogP contribution in [0.3, 0.4) is 0 Å². The number of carboxylic acids is 1. The second kappa shape index (κ2) is 6.07. The molecule has 23 heavy (non-hydrogen) atoms. The van der Waals surface area contributed by atoms with Crippen molar-refractivity contribution in [2.24, 2.45) is 0 Å². The molecule has 0 atom stereocenters. The van der Waals surface area contributed by atoms with Crippen LogP contribution in [-0.4, -0.2) is 11.1 Å². The van der Waals surface area contributed by atoms with E-state index in [1.165, 1.54) is 18.2 Å². The van der Waals surface area contributed by atoms with Crippen LogP contribution in [0.5, 0.6) is 0 Å². The standard InChI is InChI=1S/C17H10Cl2O4/c18-11-3-1-10(2-4-11)15-8-14(20)12-5-9(7-16(21)22)6-13(19)17(12)23-15/h1-6,8H,7H2,(H,21,22). The fourth-order valence-electron chi connectivity index (χ4n) is 2.31. The normalized spacial score (nSPS) is 10.9. The average molecular weight is 349 g/mol. The Balaban J connectivity index is 2.19. The maximum absolute atomic E-state index is 12.3. The Kier molecular flexibility index (Phi) is 4.11. The molecule has 2 aromatic carbocycles. The van der Waals surface area contributed by atoms with Crippen LogP contribution in [-0.2, 0) is 11.2 Å². The van der Waals surface area contributed by atoms with E-state index in [1.807, 2.05) is 0 Å². The predicted octanol–water partition coefficient (Wildman–Crippen LogP) is 4.39. The van der Waals surface area contributed by atoms with Gasteiger partial charge in [0.2, 0.25) is 0 Å². The molecular weight excluding hydrogens is 339 g/mol. The minimum Gasteiger partial charge on any atom is -0.481 e. The number of hydrogen-bond donors (Lipinski definition) is 1. The molecule has 0 unspecified atom stereocenters. The van der Waals surface area contributed by atoms with E-state index in [2.05, 4.69) is 0 Å². The molecule has 1 heterocycles. The summed E-state index contributed by atoms with van der Waals surface area (Å²) in [5.74, 6) is -0.630. The zero-order chi connectivity index (χ0) is 16.6. The lowest BCUT2D eigenvalue weighted by molar-refractivity contribution is -0.136. The van der Waals surface area contributed by atoms with Crippen molar-refractivity contribution >= 4 is 40.1 Å². The molecule has 0 spiro atoms. The first kappa shape index (κ1) is 15.6. The van der Waals surface area contributed by atoms with Crippen LogP contribution in [0.2, 0.25) is 10.0 Å². The number of benzene rings is 2. The Bertz CT molecular complexity index is 959. The average Bonchev–Trinajstić information content (AvgIpc) is 2.48. The van der Waals surface area contributed by atoms with E-state index in [1.54, 1.807) is 24.3 Å². The van der Waals surface area contributed by atoms with Crippen molar-refractivity contribution in [2.45, 2.75) is 6.42 Å². The molecule has 0 amide bonds. The summed E-state index contributed by atoms with van der Waals surface area (Å²) < 4.78 is 5.74. The Labute approximate surface area is 140 Å². The van der Waals surface area contributed by atoms with E-state index in [9.17, 15) is 9.59 Å². The molecule has 0 saturated heterocycles. The van der Waals surface area contributed by atoms with Gasteiger partial charge in [0.05, 0.1) is 16.8 Å². The SMILES string of the molecule is O=C(O)Cc1cc(Cl)c2oc(-c3ccc(Cl)cc3)cc(=O)c2c1. The fraction of sp³-hybridized carbons (Fsp3) is 0.0588. The zero-order valence-electron chi connectivity index (χ0n) is 11.7. The van der Waals surface area contributed by atoms with Crippen molar-refractivity contribution in [2.75, 3.05) is 0 Å². The van der Waals surface area contributed by atoms with Gasteiger partial charge in [0.15, 0.2) is 11.0 Å². The van der Waals surface area contributed by atoms with Crippen molar-refractivity contribution in [3.05, 3.63) is 68.3 Å². The van der Waals surface area contributed by atoms with E-state index in [4.69, 9.17) is 32.7 Å². The molecule has 1 aromatic heterocycles. The lowest BCUT2D eigenvalue weighted by Crippen LogP contribution is -2.04. The molecule has 0 bridgehead atoms. The van der Waals surface area contributed by atoms with Crippen molar-refractivity contribution in [1.29, 1.82) is 0 Å². The monoisotopic (exact) mass is 348 g/mol. The topological polar surface area (TPSA) is 67.5 Å². The summed E-state index contributed by atoms with van der Waals surface area (Å²) >= 11 is 12.0. The largest absolute Gasteiger partial charge is 0.481 e. The molecule has 3 rings (SSSR count). The van der Waals surface area contributed by atoms with E-state index < -0.39 is 5.97 Å². The molecular formula is C17H10Cl2O4. The highest BCUT2D eigenvalue weighted by Gasteiger charge is 2.13. The third-order valence-electron chi connectivity index (χ3n) is 3.33. The van der Waals surface area contributed by atoms with Gasteiger partial charge >= 0.3 is 5.97 Å². The van der Waals surface area contributed by atoms with E-state index in [0.29, 0.717) is 21.9 Å². The number of carboxylic acid groups (broad SMARTS) is 1. The molecule has 0 aliphatic heterocycles. The van der Waals surface area contributed by atoms with Gasteiger partial charge in [-0.05, 0) is 42.0 Å². The quantitative estimate of drug-likeness (QED) is 0.761. The number of carbonyl (C=O) groups is 1. The summed E-state index contributed by atoms with van der Waals surface area (Å²) in [6.07, 6.45) is -0.214. The number of fused-ring (bicyclic) bond motifs is 1. The van der Waals surface area contributed by atoms with Gasteiger partial charge < -0.3 is 9.52 Å². The Morgan fingerprint density at radius 1 is 1.09 bits per heavy atom. The van der Waals surface area contributed by atoms with Crippen molar-refractivity contribution in [3.63, 3.8) is 0 Å².